The lowest BCUT2D eigenvalue weighted by Crippen LogP contribution is -2.45. The maximum atomic E-state index is 11.1. The summed E-state index contributed by atoms with van der Waals surface area (Å²) in [5, 5.41) is 9.05. The molecule has 0 bridgehead atoms. The van der Waals surface area contributed by atoms with Crippen molar-refractivity contribution < 1.29 is 9.90 Å². The van der Waals surface area contributed by atoms with Crippen LogP contribution in [0.2, 0.25) is 0 Å². The fourth-order valence-electron chi connectivity index (χ4n) is 2.26. The first kappa shape index (κ1) is 8.05. The average Bonchev–Trinajstić information content (AvgIpc) is 2.79. The summed E-state index contributed by atoms with van der Waals surface area (Å²) in [4.78, 5) is 13.0. The Bertz CT molecular complexity index is 205. The van der Waals surface area contributed by atoms with E-state index >= 15 is 0 Å². The second-order valence-corrected chi connectivity index (χ2v) is 4.00. The first-order valence-electron chi connectivity index (χ1n) is 4.60. The second-order valence-electron chi connectivity index (χ2n) is 4.00. The van der Waals surface area contributed by atoms with E-state index in [0.29, 0.717) is 0 Å². The van der Waals surface area contributed by atoms with Crippen molar-refractivity contribution in [3.05, 3.63) is 0 Å². The number of aliphatic hydroxyl groups is 1. The van der Waals surface area contributed by atoms with Gasteiger partial charge in [0.15, 0.2) is 0 Å². The van der Waals surface area contributed by atoms with Crippen LogP contribution in [0.1, 0.15) is 19.8 Å². The van der Waals surface area contributed by atoms with Crippen LogP contribution in [0.15, 0.2) is 0 Å². The van der Waals surface area contributed by atoms with Crippen LogP contribution < -0.4 is 0 Å². The molecule has 3 atom stereocenters. The van der Waals surface area contributed by atoms with Crippen molar-refractivity contribution >= 4 is 5.91 Å². The van der Waals surface area contributed by atoms with Crippen molar-refractivity contribution in [1.82, 2.24) is 4.90 Å². The SMILES string of the molecule is CC(=O)N1C[C@@H]2C[C@@H]2C[C@H]1CO. The molecule has 1 amide bonds. The molecule has 1 aliphatic carbocycles. The Balaban J connectivity index is 2.03. The molecule has 1 aliphatic heterocycles. The van der Waals surface area contributed by atoms with Crippen molar-refractivity contribution in [3.8, 4) is 0 Å². The van der Waals surface area contributed by atoms with Crippen LogP contribution in [0, 0.1) is 11.8 Å². The van der Waals surface area contributed by atoms with Crippen molar-refractivity contribution in [1.29, 1.82) is 0 Å². The van der Waals surface area contributed by atoms with Crippen LogP contribution in [0.5, 0.6) is 0 Å². The number of nitrogens with zero attached hydrogens (tertiary/aromatic N) is 1. The number of aliphatic hydroxyl groups excluding tert-OH is 1. The predicted molar refractivity (Wildman–Crippen MR) is 44.5 cm³/mol. The third kappa shape index (κ3) is 1.22. The molecule has 2 aliphatic rings. The molecule has 3 heteroatoms. The number of fused-ring (bicyclic) bond motifs is 1. The number of hydrogen-bond acceptors (Lipinski definition) is 2. The number of carbonyl (C=O) groups excluding carboxylic acids is 1. The van der Waals surface area contributed by atoms with E-state index in [1.807, 2.05) is 4.90 Å². The predicted octanol–water partition coefficient (Wildman–Crippen LogP) is 0.236. The van der Waals surface area contributed by atoms with E-state index in [1.54, 1.807) is 6.92 Å². The van der Waals surface area contributed by atoms with Gasteiger partial charge >= 0.3 is 0 Å². The number of amides is 1. The summed E-state index contributed by atoms with van der Waals surface area (Å²) in [5.41, 5.74) is 0. The standard InChI is InChI=1S/C9H15NO2/c1-6(12)10-4-8-2-7(8)3-9(10)5-11/h7-9,11H,2-5H2,1H3/t7-,8+,9+/m1/s1. The van der Waals surface area contributed by atoms with Gasteiger partial charge in [0.25, 0.3) is 0 Å². The molecule has 3 nitrogen and oxygen atoms in total. The molecule has 12 heavy (non-hydrogen) atoms. The molecule has 1 heterocycles. The summed E-state index contributed by atoms with van der Waals surface area (Å²) < 4.78 is 0. The maximum Gasteiger partial charge on any atom is 0.219 e. The maximum absolute atomic E-state index is 11.1. The van der Waals surface area contributed by atoms with E-state index in [2.05, 4.69) is 0 Å². The minimum absolute atomic E-state index is 0.103. The van der Waals surface area contributed by atoms with Gasteiger partial charge < -0.3 is 10.0 Å². The quantitative estimate of drug-likeness (QED) is 0.610. The third-order valence-corrected chi connectivity index (χ3v) is 3.13. The number of likely N-dealkylation sites (tertiary alicyclic amines) is 1. The molecule has 68 valence electrons. The summed E-state index contributed by atoms with van der Waals surface area (Å²) in [6.45, 7) is 2.60. The Hall–Kier alpha value is -0.570. The van der Waals surface area contributed by atoms with Gasteiger partial charge in [0.05, 0.1) is 12.6 Å². The van der Waals surface area contributed by atoms with E-state index < -0.39 is 0 Å². The van der Waals surface area contributed by atoms with Crippen LogP contribution >= 0.6 is 0 Å². The molecular formula is C9H15NO2. The minimum atomic E-state index is 0.103. The summed E-state index contributed by atoms with van der Waals surface area (Å²) >= 11 is 0. The highest BCUT2D eigenvalue weighted by molar-refractivity contribution is 5.73. The zero-order valence-electron chi connectivity index (χ0n) is 7.36. The van der Waals surface area contributed by atoms with E-state index in [1.165, 1.54) is 6.42 Å². The van der Waals surface area contributed by atoms with Gasteiger partial charge in [0, 0.05) is 13.5 Å². The summed E-state index contributed by atoms with van der Waals surface area (Å²) in [5.74, 6) is 1.66. The van der Waals surface area contributed by atoms with E-state index in [-0.39, 0.29) is 18.6 Å². The van der Waals surface area contributed by atoms with Gasteiger partial charge in [-0.3, -0.25) is 4.79 Å². The average molecular weight is 169 g/mol. The molecule has 0 radical (unpaired) electrons. The molecule has 0 unspecified atom stereocenters. The molecule has 1 N–H and O–H groups in total. The van der Waals surface area contributed by atoms with E-state index in [9.17, 15) is 4.79 Å². The van der Waals surface area contributed by atoms with Gasteiger partial charge in [0.2, 0.25) is 5.91 Å². The Labute approximate surface area is 72.4 Å². The van der Waals surface area contributed by atoms with Crippen molar-refractivity contribution in [2.45, 2.75) is 25.8 Å². The zero-order chi connectivity index (χ0) is 8.72. The summed E-state index contributed by atoms with van der Waals surface area (Å²) in [6.07, 6.45) is 2.28. The van der Waals surface area contributed by atoms with Crippen LogP contribution in [-0.2, 0) is 4.79 Å². The van der Waals surface area contributed by atoms with Gasteiger partial charge in [0.1, 0.15) is 0 Å². The van der Waals surface area contributed by atoms with Gasteiger partial charge in [-0.25, -0.2) is 0 Å². The topological polar surface area (TPSA) is 40.5 Å². The van der Waals surface area contributed by atoms with Gasteiger partial charge in [-0.05, 0) is 24.7 Å². The molecule has 0 aromatic carbocycles. The normalized spacial score (nSPS) is 39.2. The molecule has 2 fully saturated rings. The Morgan fingerprint density at radius 2 is 2.25 bits per heavy atom. The molecule has 1 saturated heterocycles. The smallest absolute Gasteiger partial charge is 0.219 e. The monoisotopic (exact) mass is 169 g/mol. The number of piperidine rings is 1. The molecule has 2 rings (SSSR count). The number of carbonyl (C=O) groups is 1. The lowest BCUT2D eigenvalue weighted by Gasteiger charge is -2.33. The fraction of sp³-hybridized carbons (Fsp3) is 0.889. The van der Waals surface area contributed by atoms with E-state index in [0.717, 1.165) is 24.8 Å². The zero-order valence-corrected chi connectivity index (χ0v) is 7.36. The fourth-order valence-corrected chi connectivity index (χ4v) is 2.26. The van der Waals surface area contributed by atoms with E-state index in [4.69, 9.17) is 5.11 Å². The van der Waals surface area contributed by atoms with Crippen molar-refractivity contribution in [2.24, 2.45) is 11.8 Å². The van der Waals surface area contributed by atoms with Crippen molar-refractivity contribution in [2.75, 3.05) is 13.2 Å². The molecule has 0 spiro atoms. The highest BCUT2D eigenvalue weighted by Crippen LogP contribution is 2.46. The second kappa shape index (κ2) is 2.73. The molecule has 0 aromatic rings. The Morgan fingerprint density at radius 1 is 1.50 bits per heavy atom. The van der Waals surface area contributed by atoms with Crippen LogP contribution in [0.25, 0.3) is 0 Å². The number of rotatable bonds is 1. The highest BCUT2D eigenvalue weighted by Gasteiger charge is 2.45. The lowest BCUT2D eigenvalue weighted by atomic mass is 10.0. The largest absolute Gasteiger partial charge is 0.394 e. The van der Waals surface area contributed by atoms with Crippen molar-refractivity contribution in [3.63, 3.8) is 0 Å². The minimum Gasteiger partial charge on any atom is -0.394 e. The van der Waals surface area contributed by atoms with Crippen LogP contribution in [0.4, 0.5) is 0 Å². The lowest BCUT2D eigenvalue weighted by molar-refractivity contribution is -0.133. The number of hydrogen-bond donors (Lipinski definition) is 1. The molecule has 0 aromatic heterocycles. The first-order chi connectivity index (χ1) is 5.72. The Morgan fingerprint density at radius 3 is 2.83 bits per heavy atom. The van der Waals surface area contributed by atoms with Gasteiger partial charge in [-0.1, -0.05) is 0 Å². The summed E-state index contributed by atoms with van der Waals surface area (Å²) in [7, 11) is 0. The Kier molecular flexibility index (Phi) is 1.83. The first-order valence-corrected chi connectivity index (χ1v) is 4.60. The molecular weight excluding hydrogens is 154 g/mol. The van der Waals surface area contributed by atoms with Crippen LogP contribution in [0.3, 0.4) is 0 Å². The third-order valence-electron chi connectivity index (χ3n) is 3.13. The van der Waals surface area contributed by atoms with Crippen LogP contribution in [-0.4, -0.2) is 35.1 Å². The summed E-state index contributed by atoms with van der Waals surface area (Å²) in [6, 6.07) is 0.103. The van der Waals surface area contributed by atoms with Gasteiger partial charge in [-0.2, -0.15) is 0 Å². The van der Waals surface area contributed by atoms with Gasteiger partial charge in [-0.15, -0.1) is 0 Å². The molecule has 1 saturated carbocycles. The highest BCUT2D eigenvalue weighted by atomic mass is 16.3.